The highest BCUT2D eigenvalue weighted by molar-refractivity contribution is 7.99. The van der Waals surface area contributed by atoms with Crippen LogP contribution in [0.4, 0.5) is 0 Å². The maximum absolute atomic E-state index is 12.6. The number of hydrogen-bond acceptors (Lipinski definition) is 6. The van der Waals surface area contributed by atoms with E-state index in [1.165, 1.54) is 11.8 Å². The third kappa shape index (κ3) is 4.59. The smallest absolute Gasteiger partial charge is 0.349 e. The van der Waals surface area contributed by atoms with E-state index in [4.69, 9.17) is 9.15 Å². The summed E-state index contributed by atoms with van der Waals surface area (Å²) in [5, 5.41) is 3.57. The van der Waals surface area contributed by atoms with Crippen LogP contribution < -0.4 is 15.7 Å². The first-order valence-electron chi connectivity index (χ1n) is 9.81. The van der Waals surface area contributed by atoms with E-state index in [2.05, 4.69) is 10.3 Å². The molecule has 2 aromatic heterocycles. The number of nitrogens with zero attached hydrogens (tertiary/aromatic N) is 2. The number of aromatic nitrogens is 2. The largest absolute Gasteiger partial charge is 0.497 e. The van der Waals surface area contributed by atoms with E-state index in [1.807, 2.05) is 36.4 Å². The Bertz CT molecular complexity index is 1090. The van der Waals surface area contributed by atoms with Crippen LogP contribution in [0, 0.1) is 0 Å². The van der Waals surface area contributed by atoms with Gasteiger partial charge in [0.2, 0.25) is 5.91 Å². The number of fused-ring (bicyclic) bond motifs is 1. The summed E-state index contributed by atoms with van der Waals surface area (Å²) in [6.07, 6.45) is 4.29. The molecule has 1 N–H and O–H groups in total. The van der Waals surface area contributed by atoms with Gasteiger partial charge in [-0.3, -0.25) is 9.36 Å². The molecule has 1 aliphatic carbocycles. The Labute approximate surface area is 178 Å². The minimum atomic E-state index is -0.300. The van der Waals surface area contributed by atoms with Crippen molar-refractivity contribution in [3.8, 4) is 5.75 Å². The lowest BCUT2D eigenvalue weighted by Gasteiger charge is -2.13. The Morgan fingerprint density at radius 3 is 3.00 bits per heavy atom. The van der Waals surface area contributed by atoms with E-state index < -0.39 is 0 Å². The van der Waals surface area contributed by atoms with E-state index in [9.17, 15) is 9.59 Å². The molecule has 0 aliphatic heterocycles. The lowest BCUT2D eigenvalue weighted by atomic mass is 10.2. The van der Waals surface area contributed by atoms with Gasteiger partial charge >= 0.3 is 5.69 Å². The average Bonchev–Trinajstić information content (AvgIpc) is 3.45. The van der Waals surface area contributed by atoms with Crippen LogP contribution >= 0.6 is 11.8 Å². The lowest BCUT2D eigenvalue weighted by molar-refractivity contribution is -0.118. The Balaban J connectivity index is 1.41. The topological polar surface area (TPSA) is 86.4 Å². The monoisotopic (exact) mass is 425 g/mol. The number of benzene rings is 1. The molecule has 3 aromatic rings. The normalized spacial score (nSPS) is 12.6. The Morgan fingerprint density at radius 2 is 2.20 bits per heavy atom. The van der Waals surface area contributed by atoms with E-state index in [0.29, 0.717) is 18.1 Å². The summed E-state index contributed by atoms with van der Waals surface area (Å²) in [7, 11) is 1.61. The lowest BCUT2D eigenvalue weighted by Crippen LogP contribution is -2.28. The number of methoxy groups -OCH3 is 1. The maximum Gasteiger partial charge on any atom is 0.349 e. The summed E-state index contributed by atoms with van der Waals surface area (Å²) in [6.45, 7) is 0.806. The Kier molecular flexibility index (Phi) is 6.23. The van der Waals surface area contributed by atoms with Crippen LogP contribution in [0.5, 0.6) is 5.75 Å². The summed E-state index contributed by atoms with van der Waals surface area (Å²) in [6, 6.07) is 11.2. The van der Waals surface area contributed by atoms with Crippen LogP contribution in [0.3, 0.4) is 0 Å². The van der Waals surface area contributed by atoms with Gasteiger partial charge < -0.3 is 14.5 Å². The molecule has 0 radical (unpaired) electrons. The second-order valence-electron chi connectivity index (χ2n) is 7.06. The third-order valence-corrected chi connectivity index (χ3v) is 6.08. The Morgan fingerprint density at radius 1 is 1.30 bits per heavy atom. The predicted molar refractivity (Wildman–Crippen MR) is 114 cm³/mol. The minimum absolute atomic E-state index is 0.101. The first-order valence-corrected chi connectivity index (χ1v) is 10.8. The molecule has 0 atom stereocenters. The van der Waals surface area contributed by atoms with Crippen molar-refractivity contribution in [1.82, 2.24) is 14.9 Å². The molecule has 2 heterocycles. The fourth-order valence-corrected chi connectivity index (χ4v) is 4.50. The second-order valence-corrected chi connectivity index (χ2v) is 8.02. The SMILES string of the molecule is COc1cccc(CNC(=O)CSc2nc(=O)n(Cc3ccco3)c3c2CCC3)c1. The molecule has 0 bridgehead atoms. The van der Waals surface area contributed by atoms with Crippen molar-refractivity contribution >= 4 is 17.7 Å². The predicted octanol–water partition coefficient (Wildman–Crippen LogP) is 2.79. The van der Waals surface area contributed by atoms with E-state index in [-0.39, 0.29) is 17.3 Å². The van der Waals surface area contributed by atoms with Crippen molar-refractivity contribution in [3.05, 3.63) is 75.7 Å². The van der Waals surface area contributed by atoms with Crippen molar-refractivity contribution in [2.24, 2.45) is 0 Å². The van der Waals surface area contributed by atoms with Gasteiger partial charge in [-0.2, -0.15) is 4.98 Å². The number of carbonyl (C=O) groups excluding carboxylic acids is 1. The highest BCUT2D eigenvalue weighted by atomic mass is 32.2. The summed E-state index contributed by atoms with van der Waals surface area (Å²) in [4.78, 5) is 29.2. The molecule has 1 amide bonds. The zero-order chi connectivity index (χ0) is 20.9. The number of carbonyl (C=O) groups is 1. The molecule has 0 saturated carbocycles. The Hall–Kier alpha value is -3.00. The zero-order valence-electron chi connectivity index (χ0n) is 16.7. The first kappa shape index (κ1) is 20.3. The van der Waals surface area contributed by atoms with Gasteiger partial charge in [0.1, 0.15) is 16.5 Å². The number of thioether (sulfide) groups is 1. The van der Waals surface area contributed by atoms with Crippen molar-refractivity contribution in [3.63, 3.8) is 0 Å². The molecule has 1 aromatic carbocycles. The fraction of sp³-hybridized carbons (Fsp3) is 0.318. The maximum atomic E-state index is 12.6. The van der Waals surface area contributed by atoms with Gasteiger partial charge in [-0.1, -0.05) is 23.9 Å². The van der Waals surface area contributed by atoms with Gasteiger partial charge in [0, 0.05) is 17.8 Å². The van der Waals surface area contributed by atoms with Gasteiger partial charge in [-0.05, 0) is 49.1 Å². The number of hydrogen-bond donors (Lipinski definition) is 1. The molecule has 0 spiro atoms. The molecule has 0 saturated heterocycles. The zero-order valence-corrected chi connectivity index (χ0v) is 17.5. The van der Waals surface area contributed by atoms with Gasteiger partial charge in [0.25, 0.3) is 0 Å². The van der Waals surface area contributed by atoms with Crippen molar-refractivity contribution in [1.29, 1.82) is 0 Å². The van der Waals surface area contributed by atoms with Crippen LogP contribution in [-0.2, 0) is 30.7 Å². The number of rotatable bonds is 8. The van der Waals surface area contributed by atoms with Crippen molar-refractivity contribution in [2.45, 2.75) is 37.4 Å². The van der Waals surface area contributed by atoms with E-state index >= 15 is 0 Å². The molecular formula is C22H23N3O4S. The fourth-order valence-electron chi connectivity index (χ4n) is 3.60. The number of nitrogens with one attached hydrogen (secondary N) is 1. The van der Waals surface area contributed by atoms with Gasteiger partial charge in [0.05, 0.1) is 25.7 Å². The highest BCUT2D eigenvalue weighted by Gasteiger charge is 2.23. The summed E-state index contributed by atoms with van der Waals surface area (Å²) < 4.78 is 12.3. The van der Waals surface area contributed by atoms with Gasteiger partial charge in [-0.15, -0.1) is 0 Å². The van der Waals surface area contributed by atoms with Crippen LogP contribution in [0.1, 0.15) is 29.0 Å². The van der Waals surface area contributed by atoms with Crippen LogP contribution in [0.25, 0.3) is 0 Å². The number of furan rings is 1. The summed E-state index contributed by atoms with van der Waals surface area (Å²) in [5.74, 6) is 1.60. The molecule has 1 aliphatic rings. The van der Waals surface area contributed by atoms with Crippen LogP contribution in [0.2, 0.25) is 0 Å². The molecular weight excluding hydrogens is 402 g/mol. The van der Waals surface area contributed by atoms with Crippen molar-refractivity contribution in [2.75, 3.05) is 12.9 Å². The molecule has 0 fully saturated rings. The van der Waals surface area contributed by atoms with Gasteiger partial charge in [0.15, 0.2) is 0 Å². The van der Waals surface area contributed by atoms with Crippen LogP contribution in [-0.4, -0.2) is 28.3 Å². The van der Waals surface area contributed by atoms with Gasteiger partial charge in [-0.25, -0.2) is 4.79 Å². The molecule has 0 unspecified atom stereocenters. The number of amides is 1. The molecule has 8 heteroatoms. The third-order valence-electron chi connectivity index (χ3n) is 5.06. The second kappa shape index (κ2) is 9.21. The molecule has 7 nitrogen and oxygen atoms in total. The van der Waals surface area contributed by atoms with Crippen LogP contribution in [0.15, 0.2) is 56.9 Å². The van der Waals surface area contributed by atoms with E-state index in [1.54, 1.807) is 17.9 Å². The number of ether oxygens (including phenoxy) is 1. The van der Waals surface area contributed by atoms with Crippen molar-refractivity contribution < 1.29 is 13.9 Å². The summed E-state index contributed by atoms with van der Waals surface area (Å²) in [5.41, 5.74) is 2.75. The standard InChI is InChI=1S/C22H23N3O4S/c1-28-16-6-2-5-15(11-16)12-23-20(26)14-30-21-18-8-3-9-19(18)25(22(27)24-21)13-17-7-4-10-29-17/h2,4-7,10-11H,3,8-9,12-14H2,1H3,(H,23,26). The minimum Gasteiger partial charge on any atom is -0.497 e. The highest BCUT2D eigenvalue weighted by Crippen LogP contribution is 2.29. The first-order chi connectivity index (χ1) is 14.6. The van der Waals surface area contributed by atoms with E-state index in [0.717, 1.165) is 47.6 Å². The quantitative estimate of drug-likeness (QED) is 0.441. The molecule has 156 valence electrons. The molecule has 4 rings (SSSR count). The average molecular weight is 426 g/mol. The summed E-state index contributed by atoms with van der Waals surface area (Å²) >= 11 is 1.32. The molecule has 30 heavy (non-hydrogen) atoms.